The highest BCUT2D eigenvalue weighted by Crippen LogP contribution is 2.13. The molecule has 5 nitrogen and oxygen atoms in total. The summed E-state index contributed by atoms with van der Waals surface area (Å²) in [7, 11) is 6.86. The zero-order valence-corrected chi connectivity index (χ0v) is 11.0. The smallest absolute Gasteiger partial charge is 0.341 e. The van der Waals surface area contributed by atoms with Gasteiger partial charge in [-0.2, -0.15) is 0 Å². The van der Waals surface area contributed by atoms with Gasteiger partial charge < -0.3 is 10.1 Å². The van der Waals surface area contributed by atoms with Gasteiger partial charge in [-0.15, -0.1) is 0 Å². The Kier molecular flexibility index (Phi) is 7.29. The Morgan fingerprint density at radius 1 is 1.31 bits per heavy atom. The van der Waals surface area contributed by atoms with Crippen LogP contribution in [-0.2, 0) is 9.53 Å². The van der Waals surface area contributed by atoms with Crippen LogP contribution in [0.15, 0.2) is 0 Å². The quantitative estimate of drug-likeness (QED) is 0.408. The normalized spacial score (nSPS) is 13.6. The number of carbonyl (C=O) groups is 1. The highest BCUT2D eigenvalue weighted by molar-refractivity contribution is 5.80. The predicted molar refractivity (Wildman–Crippen MR) is 65.2 cm³/mol. The Labute approximate surface area is 98.3 Å². The van der Waals surface area contributed by atoms with Crippen LogP contribution < -0.4 is 16.0 Å². The van der Waals surface area contributed by atoms with Crippen LogP contribution in [0.5, 0.6) is 0 Å². The summed E-state index contributed by atoms with van der Waals surface area (Å²) in [5.41, 5.74) is -0.762. The van der Waals surface area contributed by atoms with Crippen LogP contribution in [0.4, 0.5) is 0 Å². The van der Waals surface area contributed by atoms with E-state index in [1.54, 1.807) is 14.1 Å². The Morgan fingerprint density at radius 2 is 1.88 bits per heavy atom. The fourth-order valence-electron chi connectivity index (χ4n) is 1.67. The largest absolute Gasteiger partial charge is 0.467 e. The first-order valence-corrected chi connectivity index (χ1v) is 5.69. The number of nitrogens with one attached hydrogen (secondary N) is 3. The zero-order valence-electron chi connectivity index (χ0n) is 11.0. The number of likely N-dealkylation sites (N-methyl/N-ethyl adjacent to an activating group) is 2. The zero-order chi connectivity index (χ0) is 12.6. The molecule has 96 valence electrons. The lowest BCUT2D eigenvalue weighted by Gasteiger charge is -2.30. The summed E-state index contributed by atoms with van der Waals surface area (Å²) >= 11 is 0. The minimum atomic E-state index is -0.762. The second-order valence-electron chi connectivity index (χ2n) is 3.98. The molecule has 16 heavy (non-hydrogen) atoms. The number of rotatable bonds is 8. The topological polar surface area (TPSA) is 62.4 Å². The minimum Gasteiger partial charge on any atom is -0.467 e. The summed E-state index contributed by atoms with van der Waals surface area (Å²) in [4.78, 5) is 11.7. The third-order valence-corrected chi connectivity index (χ3v) is 3.07. The highest BCUT2D eigenvalue weighted by atomic mass is 16.5. The summed E-state index contributed by atoms with van der Waals surface area (Å²) < 4.78 is 4.80. The summed E-state index contributed by atoms with van der Waals surface area (Å²) in [5.74, 6) is -0.269. The number of hydrogen-bond acceptors (Lipinski definition) is 5. The molecule has 0 aliphatic rings. The molecule has 0 amide bonds. The van der Waals surface area contributed by atoms with Crippen molar-refractivity contribution in [1.29, 1.82) is 0 Å². The Hall–Kier alpha value is -0.650. The molecule has 0 aromatic heterocycles. The number of methoxy groups -OCH3 is 1. The molecule has 5 heteroatoms. The van der Waals surface area contributed by atoms with Gasteiger partial charge in [0.1, 0.15) is 0 Å². The third kappa shape index (κ3) is 4.08. The molecule has 3 N–H and O–H groups in total. The molecular formula is C11H25N3O2. The van der Waals surface area contributed by atoms with E-state index < -0.39 is 5.66 Å². The maximum absolute atomic E-state index is 11.7. The molecule has 0 rings (SSSR count). The van der Waals surface area contributed by atoms with Gasteiger partial charge in [0, 0.05) is 6.04 Å². The molecule has 0 saturated carbocycles. The SMILES string of the molecule is CNC(C)CCCC(NC)(NC)C(=O)OC. The Morgan fingerprint density at radius 3 is 2.25 bits per heavy atom. The van der Waals surface area contributed by atoms with E-state index in [9.17, 15) is 4.79 Å². The molecule has 0 radical (unpaired) electrons. The Balaban J connectivity index is 4.28. The fraction of sp³-hybridized carbons (Fsp3) is 0.909. The van der Waals surface area contributed by atoms with Crippen LogP contribution in [0, 0.1) is 0 Å². The lowest BCUT2D eigenvalue weighted by molar-refractivity contribution is -0.150. The maximum atomic E-state index is 11.7. The van der Waals surface area contributed by atoms with Gasteiger partial charge in [-0.3, -0.25) is 10.6 Å². The molecule has 0 aromatic rings. The first-order chi connectivity index (χ1) is 7.56. The molecule has 0 bridgehead atoms. The van der Waals surface area contributed by atoms with Crippen molar-refractivity contribution in [1.82, 2.24) is 16.0 Å². The van der Waals surface area contributed by atoms with E-state index >= 15 is 0 Å². The average molecular weight is 231 g/mol. The second-order valence-corrected chi connectivity index (χ2v) is 3.98. The summed E-state index contributed by atoms with van der Waals surface area (Å²) in [6.45, 7) is 2.12. The van der Waals surface area contributed by atoms with Crippen LogP contribution in [0.2, 0.25) is 0 Å². The predicted octanol–water partition coefficient (Wildman–Crippen LogP) is 0.0727. The number of esters is 1. The van der Waals surface area contributed by atoms with E-state index in [-0.39, 0.29) is 5.97 Å². The molecule has 0 aromatic carbocycles. The van der Waals surface area contributed by atoms with Gasteiger partial charge in [0.05, 0.1) is 7.11 Å². The molecule has 0 heterocycles. The highest BCUT2D eigenvalue weighted by Gasteiger charge is 2.35. The summed E-state index contributed by atoms with van der Waals surface area (Å²) in [6, 6.07) is 0.462. The minimum absolute atomic E-state index is 0.269. The van der Waals surface area contributed by atoms with Gasteiger partial charge >= 0.3 is 5.97 Å². The molecule has 0 aliphatic carbocycles. The van der Waals surface area contributed by atoms with Gasteiger partial charge in [-0.25, -0.2) is 4.79 Å². The molecule has 1 unspecified atom stereocenters. The van der Waals surface area contributed by atoms with Gasteiger partial charge in [0.15, 0.2) is 5.66 Å². The summed E-state index contributed by atoms with van der Waals surface area (Å²) in [5, 5.41) is 9.18. The molecule has 0 fully saturated rings. The Bertz CT molecular complexity index is 205. The van der Waals surface area contributed by atoms with Gasteiger partial charge in [-0.1, -0.05) is 0 Å². The first-order valence-electron chi connectivity index (χ1n) is 5.69. The van der Waals surface area contributed by atoms with E-state index in [4.69, 9.17) is 4.74 Å². The molecule has 0 spiro atoms. The monoisotopic (exact) mass is 231 g/mol. The molecular weight excluding hydrogens is 206 g/mol. The van der Waals surface area contributed by atoms with Crippen molar-refractivity contribution in [3.63, 3.8) is 0 Å². The van der Waals surface area contributed by atoms with Crippen molar-refractivity contribution in [2.75, 3.05) is 28.3 Å². The van der Waals surface area contributed by atoms with E-state index in [2.05, 4.69) is 22.9 Å². The third-order valence-electron chi connectivity index (χ3n) is 3.07. The van der Waals surface area contributed by atoms with Gasteiger partial charge in [0.2, 0.25) is 0 Å². The first kappa shape index (κ1) is 15.3. The number of carbonyl (C=O) groups excluding carboxylic acids is 1. The van der Waals surface area contributed by atoms with Crippen molar-refractivity contribution in [2.24, 2.45) is 0 Å². The van der Waals surface area contributed by atoms with E-state index in [1.807, 2.05) is 7.05 Å². The standard InChI is InChI=1S/C11H25N3O2/c1-9(12-2)7-6-8-11(13-3,14-4)10(15)16-5/h9,12-14H,6-8H2,1-5H3. The number of ether oxygens (including phenoxy) is 1. The second kappa shape index (κ2) is 7.60. The van der Waals surface area contributed by atoms with Crippen LogP contribution >= 0.6 is 0 Å². The van der Waals surface area contributed by atoms with Crippen molar-refractivity contribution < 1.29 is 9.53 Å². The van der Waals surface area contributed by atoms with E-state index in [1.165, 1.54) is 7.11 Å². The van der Waals surface area contributed by atoms with Crippen molar-refractivity contribution >= 4 is 5.97 Å². The van der Waals surface area contributed by atoms with E-state index in [0.29, 0.717) is 12.5 Å². The van der Waals surface area contributed by atoms with Gasteiger partial charge in [-0.05, 0) is 47.3 Å². The molecule has 0 saturated heterocycles. The molecule has 1 atom stereocenters. The van der Waals surface area contributed by atoms with Crippen LogP contribution in [0.1, 0.15) is 26.2 Å². The lowest BCUT2D eigenvalue weighted by Crippen LogP contribution is -2.60. The summed E-state index contributed by atoms with van der Waals surface area (Å²) in [6.07, 6.45) is 2.68. The van der Waals surface area contributed by atoms with Crippen LogP contribution in [0.3, 0.4) is 0 Å². The van der Waals surface area contributed by atoms with Crippen molar-refractivity contribution in [3.05, 3.63) is 0 Å². The molecule has 0 aliphatic heterocycles. The fourth-order valence-corrected chi connectivity index (χ4v) is 1.67. The lowest BCUT2D eigenvalue weighted by atomic mass is 10.0. The average Bonchev–Trinajstić information content (AvgIpc) is 2.33. The van der Waals surface area contributed by atoms with Crippen LogP contribution in [-0.4, -0.2) is 45.9 Å². The van der Waals surface area contributed by atoms with Crippen LogP contribution in [0.25, 0.3) is 0 Å². The van der Waals surface area contributed by atoms with Gasteiger partial charge in [0.25, 0.3) is 0 Å². The van der Waals surface area contributed by atoms with Crippen molar-refractivity contribution in [3.8, 4) is 0 Å². The number of hydrogen-bond donors (Lipinski definition) is 3. The van der Waals surface area contributed by atoms with Crippen molar-refractivity contribution in [2.45, 2.75) is 37.9 Å². The van der Waals surface area contributed by atoms with E-state index in [0.717, 1.165) is 12.8 Å². The maximum Gasteiger partial charge on any atom is 0.341 e.